The fourth-order valence-electron chi connectivity index (χ4n) is 3.51. The van der Waals surface area contributed by atoms with Crippen LogP contribution in [-0.4, -0.2) is 37.4 Å². The number of rotatable bonds is 6. The molecule has 2 unspecified atom stereocenters. The molecular formula is C19H25N3O3. The Balaban J connectivity index is 1.45. The highest BCUT2D eigenvalue weighted by Crippen LogP contribution is 2.18. The maximum absolute atomic E-state index is 12.2. The van der Waals surface area contributed by atoms with E-state index in [0.717, 1.165) is 25.1 Å². The highest BCUT2D eigenvalue weighted by molar-refractivity contribution is 6.03. The van der Waals surface area contributed by atoms with Crippen LogP contribution in [0.25, 0.3) is 0 Å². The minimum atomic E-state index is -0.295. The normalized spacial score (nSPS) is 23.4. The first-order valence-electron chi connectivity index (χ1n) is 9.03. The molecule has 2 aliphatic rings. The van der Waals surface area contributed by atoms with Crippen molar-refractivity contribution in [2.75, 3.05) is 19.6 Å². The average molecular weight is 343 g/mol. The topological polar surface area (TPSA) is 87.3 Å². The van der Waals surface area contributed by atoms with Gasteiger partial charge in [0.1, 0.15) is 0 Å². The highest BCUT2D eigenvalue weighted by atomic mass is 16.2. The molecule has 3 amide bonds. The number of imide groups is 1. The zero-order chi connectivity index (χ0) is 17.6. The second-order valence-corrected chi connectivity index (χ2v) is 6.97. The predicted octanol–water partition coefficient (Wildman–Crippen LogP) is 1.01. The van der Waals surface area contributed by atoms with Crippen molar-refractivity contribution in [1.29, 1.82) is 0 Å². The molecule has 1 aromatic rings. The maximum Gasteiger partial charge on any atom is 0.251 e. The van der Waals surface area contributed by atoms with E-state index in [4.69, 9.17) is 0 Å². The lowest BCUT2D eigenvalue weighted by Crippen LogP contribution is -2.33. The van der Waals surface area contributed by atoms with Crippen molar-refractivity contribution in [1.82, 2.24) is 16.0 Å². The summed E-state index contributed by atoms with van der Waals surface area (Å²) in [6, 6.07) is 7.27. The van der Waals surface area contributed by atoms with Crippen molar-refractivity contribution < 1.29 is 14.4 Å². The number of carbonyl (C=O) groups is 3. The Morgan fingerprint density at radius 3 is 2.64 bits per heavy atom. The van der Waals surface area contributed by atoms with Crippen LogP contribution in [0.2, 0.25) is 0 Å². The number of nitrogens with one attached hydrogen (secondary N) is 3. The largest absolute Gasteiger partial charge is 0.352 e. The molecule has 6 nitrogen and oxygen atoms in total. The summed E-state index contributed by atoms with van der Waals surface area (Å²) in [5.74, 6) is -0.125. The molecule has 2 heterocycles. The van der Waals surface area contributed by atoms with Gasteiger partial charge in [-0.2, -0.15) is 0 Å². The Morgan fingerprint density at radius 1 is 1.20 bits per heavy atom. The van der Waals surface area contributed by atoms with Gasteiger partial charge in [0, 0.05) is 18.5 Å². The Kier molecular flexibility index (Phi) is 5.81. The van der Waals surface area contributed by atoms with Crippen LogP contribution in [0, 0.1) is 11.8 Å². The molecule has 2 saturated heterocycles. The van der Waals surface area contributed by atoms with Gasteiger partial charge < -0.3 is 10.6 Å². The monoisotopic (exact) mass is 343 g/mol. The first-order valence-corrected chi connectivity index (χ1v) is 9.03. The minimum Gasteiger partial charge on any atom is -0.352 e. The van der Waals surface area contributed by atoms with Crippen LogP contribution in [0.5, 0.6) is 0 Å². The first-order chi connectivity index (χ1) is 12.1. The Bertz CT molecular complexity index is 636. The summed E-state index contributed by atoms with van der Waals surface area (Å²) in [6.07, 6.45) is 4.21. The molecule has 2 aliphatic heterocycles. The smallest absolute Gasteiger partial charge is 0.251 e. The molecule has 0 aromatic heterocycles. The van der Waals surface area contributed by atoms with E-state index in [0.29, 0.717) is 24.4 Å². The fraction of sp³-hybridized carbons (Fsp3) is 0.526. The quantitative estimate of drug-likeness (QED) is 0.673. The molecule has 134 valence electrons. The van der Waals surface area contributed by atoms with E-state index in [1.165, 1.54) is 12.8 Å². The summed E-state index contributed by atoms with van der Waals surface area (Å²) >= 11 is 0. The molecule has 6 heteroatoms. The lowest BCUT2D eigenvalue weighted by Gasteiger charge is -2.22. The van der Waals surface area contributed by atoms with E-state index >= 15 is 0 Å². The minimum absolute atomic E-state index is 0.0656. The van der Waals surface area contributed by atoms with Crippen LogP contribution in [0.1, 0.15) is 41.6 Å². The van der Waals surface area contributed by atoms with Gasteiger partial charge in [-0.1, -0.05) is 12.1 Å². The van der Waals surface area contributed by atoms with Crippen molar-refractivity contribution in [2.45, 2.75) is 32.1 Å². The average Bonchev–Trinajstić information content (AvgIpc) is 2.93. The van der Waals surface area contributed by atoms with Crippen molar-refractivity contribution >= 4 is 17.7 Å². The summed E-state index contributed by atoms with van der Waals surface area (Å²) in [5, 5.41) is 8.68. The summed E-state index contributed by atoms with van der Waals surface area (Å²) in [5.41, 5.74) is 1.58. The van der Waals surface area contributed by atoms with Gasteiger partial charge in [-0.05, 0) is 62.4 Å². The van der Waals surface area contributed by atoms with Gasteiger partial charge in [0.25, 0.3) is 5.91 Å². The molecule has 3 N–H and O–H groups in total. The van der Waals surface area contributed by atoms with Crippen LogP contribution in [0.4, 0.5) is 0 Å². The molecule has 25 heavy (non-hydrogen) atoms. The Hall–Kier alpha value is -2.21. The van der Waals surface area contributed by atoms with Crippen LogP contribution >= 0.6 is 0 Å². The van der Waals surface area contributed by atoms with Crippen LogP contribution in [-0.2, 0) is 16.0 Å². The van der Waals surface area contributed by atoms with E-state index in [9.17, 15) is 14.4 Å². The fourth-order valence-corrected chi connectivity index (χ4v) is 3.51. The standard InChI is InChI=1S/C19H25N3O3/c23-17-11-16(19(25)22-17)10-13-3-5-15(6-4-13)18(24)21-9-7-14-2-1-8-20-12-14/h3-6,14,16,20H,1-2,7-12H2,(H,21,24)(H,22,23,25). The molecule has 0 bridgehead atoms. The van der Waals surface area contributed by atoms with Gasteiger partial charge in [-0.25, -0.2) is 0 Å². The number of hydrogen-bond acceptors (Lipinski definition) is 4. The van der Waals surface area contributed by atoms with Crippen LogP contribution < -0.4 is 16.0 Å². The molecule has 3 rings (SSSR count). The number of piperidine rings is 1. The molecule has 0 aliphatic carbocycles. The van der Waals surface area contributed by atoms with E-state index in [1.54, 1.807) is 12.1 Å². The summed E-state index contributed by atoms with van der Waals surface area (Å²) in [6.45, 7) is 2.84. The van der Waals surface area contributed by atoms with Crippen molar-refractivity contribution in [2.24, 2.45) is 11.8 Å². The second kappa shape index (κ2) is 8.25. The Morgan fingerprint density at radius 2 is 2.00 bits per heavy atom. The first kappa shape index (κ1) is 17.6. The molecule has 2 fully saturated rings. The lowest BCUT2D eigenvalue weighted by atomic mass is 9.96. The molecule has 1 aromatic carbocycles. The molecule has 0 spiro atoms. The van der Waals surface area contributed by atoms with E-state index in [2.05, 4.69) is 16.0 Å². The third kappa shape index (κ3) is 4.89. The highest BCUT2D eigenvalue weighted by Gasteiger charge is 2.30. The van der Waals surface area contributed by atoms with Crippen molar-refractivity contribution in [3.05, 3.63) is 35.4 Å². The van der Waals surface area contributed by atoms with E-state index in [-0.39, 0.29) is 30.1 Å². The van der Waals surface area contributed by atoms with E-state index < -0.39 is 0 Å². The van der Waals surface area contributed by atoms with Gasteiger partial charge in [0.2, 0.25) is 11.8 Å². The van der Waals surface area contributed by atoms with E-state index in [1.807, 2.05) is 12.1 Å². The SMILES string of the molecule is O=C1CC(Cc2ccc(C(=O)NCCC3CCCNC3)cc2)C(=O)N1. The summed E-state index contributed by atoms with van der Waals surface area (Å²) in [7, 11) is 0. The zero-order valence-electron chi connectivity index (χ0n) is 14.3. The van der Waals surface area contributed by atoms with Gasteiger partial charge in [-0.15, -0.1) is 0 Å². The molecule has 0 saturated carbocycles. The third-order valence-electron chi connectivity index (χ3n) is 5.00. The van der Waals surface area contributed by atoms with Gasteiger partial charge in [0.05, 0.1) is 5.92 Å². The maximum atomic E-state index is 12.2. The number of hydrogen-bond donors (Lipinski definition) is 3. The molecule has 2 atom stereocenters. The summed E-state index contributed by atoms with van der Waals surface area (Å²) < 4.78 is 0. The summed E-state index contributed by atoms with van der Waals surface area (Å²) in [4.78, 5) is 35.0. The lowest BCUT2D eigenvalue weighted by molar-refractivity contribution is -0.125. The van der Waals surface area contributed by atoms with Crippen LogP contribution in [0.3, 0.4) is 0 Å². The third-order valence-corrected chi connectivity index (χ3v) is 5.00. The van der Waals surface area contributed by atoms with Crippen molar-refractivity contribution in [3.63, 3.8) is 0 Å². The Labute approximate surface area is 147 Å². The second-order valence-electron chi connectivity index (χ2n) is 6.97. The predicted molar refractivity (Wildman–Crippen MR) is 93.9 cm³/mol. The number of amides is 3. The number of carbonyl (C=O) groups excluding carboxylic acids is 3. The van der Waals surface area contributed by atoms with Crippen LogP contribution in [0.15, 0.2) is 24.3 Å². The van der Waals surface area contributed by atoms with Crippen molar-refractivity contribution in [3.8, 4) is 0 Å². The van der Waals surface area contributed by atoms with Gasteiger partial charge in [-0.3, -0.25) is 19.7 Å². The van der Waals surface area contributed by atoms with Gasteiger partial charge >= 0.3 is 0 Å². The molecular weight excluding hydrogens is 318 g/mol. The van der Waals surface area contributed by atoms with Gasteiger partial charge in [0.15, 0.2) is 0 Å². The number of benzene rings is 1. The zero-order valence-corrected chi connectivity index (χ0v) is 14.3. The molecule has 0 radical (unpaired) electrons.